The summed E-state index contributed by atoms with van der Waals surface area (Å²) in [6.45, 7) is 2.78. The van der Waals surface area contributed by atoms with Crippen LogP contribution in [0.3, 0.4) is 0 Å². The Kier molecular flexibility index (Phi) is 3.62. The number of ether oxygens (including phenoxy) is 1. The van der Waals surface area contributed by atoms with Crippen molar-refractivity contribution in [3.8, 4) is 5.75 Å². The fourth-order valence-electron chi connectivity index (χ4n) is 1.73. The van der Waals surface area contributed by atoms with Crippen LogP contribution in [-0.2, 0) is 0 Å². The quantitative estimate of drug-likeness (QED) is 0.797. The zero-order chi connectivity index (χ0) is 11.4. The molecule has 1 aromatic rings. The molecule has 16 heavy (non-hydrogen) atoms. The second kappa shape index (κ2) is 5.16. The molecule has 88 valence electrons. The predicted molar refractivity (Wildman–Crippen MR) is 62.7 cm³/mol. The summed E-state index contributed by atoms with van der Waals surface area (Å²) in [4.78, 5) is 4.26. The van der Waals surface area contributed by atoms with Crippen molar-refractivity contribution in [3.05, 3.63) is 18.3 Å². The summed E-state index contributed by atoms with van der Waals surface area (Å²) >= 11 is 0. The number of hydrogen-bond acceptors (Lipinski definition) is 4. The molecule has 1 aliphatic carbocycles. The van der Waals surface area contributed by atoms with Crippen molar-refractivity contribution in [2.75, 3.05) is 11.9 Å². The van der Waals surface area contributed by atoms with Crippen LogP contribution < -0.4 is 10.1 Å². The summed E-state index contributed by atoms with van der Waals surface area (Å²) in [7, 11) is 0. The minimum atomic E-state index is -0.152. The number of rotatable bonds is 5. The molecule has 0 saturated heterocycles. The zero-order valence-electron chi connectivity index (χ0n) is 9.52. The molecule has 4 nitrogen and oxygen atoms in total. The lowest BCUT2D eigenvalue weighted by molar-refractivity contribution is 0.0834. The van der Waals surface area contributed by atoms with E-state index in [0.29, 0.717) is 12.6 Å². The predicted octanol–water partition coefficient (Wildman–Crippen LogP) is 1.81. The van der Waals surface area contributed by atoms with E-state index in [4.69, 9.17) is 4.74 Å². The van der Waals surface area contributed by atoms with E-state index in [1.54, 1.807) is 6.20 Å². The number of aliphatic hydroxyl groups is 1. The molecule has 0 atom stereocenters. The zero-order valence-corrected chi connectivity index (χ0v) is 9.52. The molecule has 4 heteroatoms. The first-order valence-corrected chi connectivity index (χ1v) is 5.82. The van der Waals surface area contributed by atoms with Gasteiger partial charge >= 0.3 is 0 Å². The van der Waals surface area contributed by atoms with Gasteiger partial charge in [0.05, 0.1) is 12.7 Å². The first-order valence-electron chi connectivity index (χ1n) is 5.82. The van der Waals surface area contributed by atoms with Crippen molar-refractivity contribution in [1.29, 1.82) is 0 Å². The van der Waals surface area contributed by atoms with E-state index in [1.807, 2.05) is 12.1 Å². The topological polar surface area (TPSA) is 54.4 Å². The van der Waals surface area contributed by atoms with Crippen molar-refractivity contribution in [1.82, 2.24) is 4.98 Å². The summed E-state index contributed by atoms with van der Waals surface area (Å²) < 4.78 is 5.60. The monoisotopic (exact) mass is 222 g/mol. The van der Waals surface area contributed by atoms with Crippen molar-refractivity contribution in [2.24, 2.45) is 0 Å². The first kappa shape index (κ1) is 11.2. The first-order chi connectivity index (χ1) is 7.79. The molecule has 0 bridgehead atoms. The maximum Gasteiger partial charge on any atom is 0.168 e. The second-order valence-corrected chi connectivity index (χ2v) is 4.17. The molecule has 1 fully saturated rings. The van der Waals surface area contributed by atoms with Crippen LogP contribution in [0.4, 0.5) is 5.82 Å². The highest BCUT2D eigenvalue weighted by Gasteiger charge is 2.27. The maximum absolute atomic E-state index is 9.22. The van der Waals surface area contributed by atoms with Crippen molar-refractivity contribution in [2.45, 2.75) is 38.3 Å². The number of anilines is 1. The fraction of sp³-hybridized carbons (Fsp3) is 0.583. The van der Waals surface area contributed by atoms with E-state index in [-0.39, 0.29) is 6.10 Å². The number of hydrogen-bond donors (Lipinski definition) is 2. The third-order valence-corrected chi connectivity index (χ3v) is 2.69. The van der Waals surface area contributed by atoms with Gasteiger partial charge in [-0.1, -0.05) is 6.92 Å². The highest BCUT2D eigenvalue weighted by Crippen LogP contribution is 2.28. The molecule has 1 aromatic heterocycles. The average Bonchev–Trinajstić information content (AvgIpc) is 2.26. The van der Waals surface area contributed by atoms with Gasteiger partial charge in [-0.15, -0.1) is 0 Å². The molecule has 0 radical (unpaired) electrons. The van der Waals surface area contributed by atoms with Crippen LogP contribution in [0, 0.1) is 0 Å². The maximum atomic E-state index is 9.22. The Labute approximate surface area is 95.7 Å². The lowest BCUT2D eigenvalue weighted by Crippen LogP contribution is -2.39. The average molecular weight is 222 g/mol. The Hall–Kier alpha value is -1.29. The van der Waals surface area contributed by atoms with Crippen LogP contribution in [0.2, 0.25) is 0 Å². The summed E-state index contributed by atoms with van der Waals surface area (Å²) in [5.41, 5.74) is 0. The van der Waals surface area contributed by atoms with Gasteiger partial charge in [0.15, 0.2) is 11.6 Å². The molecular weight excluding hydrogens is 204 g/mol. The Morgan fingerprint density at radius 3 is 3.06 bits per heavy atom. The second-order valence-electron chi connectivity index (χ2n) is 4.17. The summed E-state index contributed by atoms with van der Waals surface area (Å²) in [5.74, 6) is 1.58. The van der Waals surface area contributed by atoms with E-state index in [0.717, 1.165) is 30.8 Å². The number of nitrogens with one attached hydrogen (secondary N) is 1. The standard InChI is InChI=1S/C12H18N2O2/c1-2-6-16-11-4-3-5-13-12(11)14-9-7-10(15)8-9/h3-5,9-10,15H,2,6-8H2,1H3,(H,13,14). The minimum absolute atomic E-state index is 0.152. The molecule has 0 unspecified atom stereocenters. The molecule has 2 N–H and O–H groups in total. The van der Waals surface area contributed by atoms with Gasteiger partial charge in [-0.2, -0.15) is 0 Å². The fourth-order valence-corrected chi connectivity index (χ4v) is 1.73. The number of nitrogens with zero attached hydrogens (tertiary/aromatic N) is 1. The summed E-state index contributed by atoms with van der Waals surface area (Å²) in [6, 6.07) is 4.11. The van der Waals surface area contributed by atoms with E-state index in [9.17, 15) is 5.11 Å². The van der Waals surface area contributed by atoms with Crippen LogP contribution in [0.15, 0.2) is 18.3 Å². The van der Waals surface area contributed by atoms with E-state index in [1.165, 1.54) is 0 Å². The van der Waals surface area contributed by atoms with Gasteiger partial charge in [0.1, 0.15) is 0 Å². The summed E-state index contributed by atoms with van der Waals surface area (Å²) in [6.07, 6.45) is 4.17. The number of aliphatic hydroxyl groups excluding tert-OH is 1. The van der Waals surface area contributed by atoms with Crippen LogP contribution in [-0.4, -0.2) is 28.8 Å². The van der Waals surface area contributed by atoms with Gasteiger partial charge < -0.3 is 15.2 Å². The lowest BCUT2D eigenvalue weighted by atomic mass is 9.89. The van der Waals surface area contributed by atoms with Crippen LogP contribution >= 0.6 is 0 Å². The normalized spacial score (nSPS) is 23.6. The Balaban J connectivity index is 1.96. The van der Waals surface area contributed by atoms with Crippen molar-refractivity contribution < 1.29 is 9.84 Å². The number of pyridine rings is 1. The lowest BCUT2D eigenvalue weighted by Gasteiger charge is -2.32. The third-order valence-electron chi connectivity index (χ3n) is 2.69. The molecule has 1 heterocycles. The molecule has 2 rings (SSSR count). The smallest absolute Gasteiger partial charge is 0.168 e. The van der Waals surface area contributed by atoms with Gasteiger partial charge in [-0.3, -0.25) is 0 Å². The molecule has 0 spiro atoms. The molecule has 1 saturated carbocycles. The van der Waals surface area contributed by atoms with Crippen LogP contribution in [0.25, 0.3) is 0 Å². The van der Waals surface area contributed by atoms with Crippen molar-refractivity contribution >= 4 is 5.82 Å². The van der Waals surface area contributed by atoms with Gasteiger partial charge in [0.2, 0.25) is 0 Å². The Bertz CT molecular complexity index is 338. The third kappa shape index (κ3) is 2.64. The van der Waals surface area contributed by atoms with Gasteiger partial charge in [0, 0.05) is 12.2 Å². The van der Waals surface area contributed by atoms with Gasteiger partial charge in [0.25, 0.3) is 0 Å². The Morgan fingerprint density at radius 2 is 2.38 bits per heavy atom. The number of aromatic nitrogens is 1. The van der Waals surface area contributed by atoms with E-state index >= 15 is 0 Å². The van der Waals surface area contributed by atoms with Gasteiger partial charge in [-0.25, -0.2) is 4.98 Å². The SMILES string of the molecule is CCCOc1cccnc1NC1CC(O)C1. The van der Waals surface area contributed by atoms with E-state index in [2.05, 4.69) is 17.2 Å². The highest BCUT2D eigenvalue weighted by molar-refractivity contribution is 5.50. The molecule has 1 aliphatic rings. The minimum Gasteiger partial charge on any atom is -0.490 e. The van der Waals surface area contributed by atoms with E-state index < -0.39 is 0 Å². The largest absolute Gasteiger partial charge is 0.490 e. The highest BCUT2D eigenvalue weighted by atomic mass is 16.5. The summed E-state index contributed by atoms with van der Waals surface area (Å²) in [5, 5.41) is 12.5. The van der Waals surface area contributed by atoms with Crippen molar-refractivity contribution in [3.63, 3.8) is 0 Å². The van der Waals surface area contributed by atoms with Gasteiger partial charge in [-0.05, 0) is 31.4 Å². The molecule has 0 amide bonds. The Morgan fingerprint density at radius 1 is 1.56 bits per heavy atom. The van der Waals surface area contributed by atoms with Crippen LogP contribution in [0.1, 0.15) is 26.2 Å². The van der Waals surface area contributed by atoms with Crippen LogP contribution in [0.5, 0.6) is 5.75 Å². The molecule has 0 aromatic carbocycles. The molecular formula is C12H18N2O2. The molecule has 0 aliphatic heterocycles.